The lowest BCUT2D eigenvalue weighted by Crippen LogP contribution is -2.49. The Morgan fingerprint density at radius 2 is 1.89 bits per heavy atom. The molecule has 0 N–H and O–H groups in total. The van der Waals surface area contributed by atoms with E-state index in [4.69, 9.17) is 9.72 Å². The van der Waals surface area contributed by atoms with Gasteiger partial charge in [0.25, 0.3) is 5.91 Å². The summed E-state index contributed by atoms with van der Waals surface area (Å²) in [4.78, 5) is 22.6. The van der Waals surface area contributed by atoms with Crippen LogP contribution >= 0.6 is 22.7 Å². The monoisotopic (exact) mass is 413 g/mol. The molecule has 146 valence electrons. The second-order valence-electron chi connectivity index (χ2n) is 6.86. The number of benzene rings is 1. The van der Waals surface area contributed by atoms with Gasteiger partial charge in [-0.05, 0) is 30.5 Å². The summed E-state index contributed by atoms with van der Waals surface area (Å²) in [7, 11) is 0. The molecule has 0 aliphatic carbocycles. The van der Waals surface area contributed by atoms with Crippen molar-refractivity contribution in [3.63, 3.8) is 0 Å². The van der Waals surface area contributed by atoms with Crippen molar-refractivity contribution >= 4 is 28.6 Å². The summed E-state index contributed by atoms with van der Waals surface area (Å²) >= 11 is 3.43. The lowest BCUT2D eigenvalue weighted by molar-refractivity contribution is -0.135. The van der Waals surface area contributed by atoms with E-state index in [0.717, 1.165) is 49.2 Å². The molecule has 5 nitrogen and oxygen atoms in total. The molecule has 0 atom stereocenters. The predicted octanol–water partition coefficient (Wildman–Crippen LogP) is 3.90. The van der Waals surface area contributed by atoms with Crippen molar-refractivity contribution in [3.8, 4) is 16.3 Å². The number of hydrogen-bond donors (Lipinski definition) is 0. The number of thiazole rings is 1. The lowest BCUT2D eigenvalue weighted by Gasteiger charge is -2.34. The predicted molar refractivity (Wildman–Crippen MR) is 114 cm³/mol. The number of aryl methyl sites for hydroxylation is 1. The van der Waals surface area contributed by atoms with Crippen LogP contribution in [0.25, 0.3) is 10.6 Å². The van der Waals surface area contributed by atoms with E-state index in [9.17, 15) is 4.79 Å². The van der Waals surface area contributed by atoms with Gasteiger partial charge >= 0.3 is 0 Å². The van der Waals surface area contributed by atoms with Gasteiger partial charge in [0, 0.05) is 31.6 Å². The third-order valence-corrected chi connectivity index (χ3v) is 6.52. The Kier molecular flexibility index (Phi) is 6.04. The van der Waals surface area contributed by atoms with E-state index < -0.39 is 0 Å². The normalized spacial score (nSPS) is 15.0. The SMILES string of the molecule is Cc1ccc(OCC(=O)N2CCN(Cc3nc(-c4cccs4)cs3)CC2)cc1. The Bertz CT molecular complexity index is 898. The van der Waals surface area contributed by atoms with Crippen LogP contribution in [0.4, 0.5) is 0 Å². The summed E-state index contributed by atoms with van der Waals surface area (Å²) in [6.45, 7) is 6.17. The van der Waals surface area contributed by atoms with Crippen LogP contribution in [0.5, 0.6) is 5.75 Å². The van der Waals surface area contributed by atoms with E-state index >= 15 is 0 Å². The van der Waals surface area contributed by atoms with E-state index in [1.54, 1.807) is 22.7 Å². The molecule has 0 spiro atoms. The summed E-state index contributed by atoms with van der Waals surface area (Å²) in [5.74, 6) is 0.789. The first-order valence-corrected chi connectivity index (χ1v) is 11.1. The number of carbonyl (C=O) groups is 1. The van der Waals surface area contributed by atoms with Gasteiger partial charge < -0.3 is 9.64 Å². The van der Waals surface area contributed by atoms with Crippen LogP contribution in [0.1, 0.15) is 10.6 Å². The highest BCUT2D eigenvalue weighted by Gasteiger charge is 2.22. The Morgan fingerprint density at radius 1 is 1.11 bits per heavy atom. The van der Waals surface area contributed by atoms with Gasteiger partial charge in [-0.2, -0.15) is 0 Å². The van der Waals surface area contributed by atoms with Crippen molar-refractivity contribution < 1.29 is 9.53 Å². The number of piperazine rings is 1. The zero-order valence-corrected chi connectivity index (χ0v) is 17.5. The number of thiophene rings is 1. The first kappa shape index (κ1) is 19.1. The quantitative estimate of drug-likeness (QED) is 0.615. The van der Waals surface area contributed by atoms with Crippen molar-refractivity contribution in [2.45, 2.75) is 13.5 Å². The minimum Gasteiger partial charge on any atom is -0.484 e. The molecule has 1 saturated heterocycles. The molecule has 7 heteroatoms. The molecule has 0 radical (unpaired) electrons. The molecule has 0 saturated carbocycles. The second-order valence-corrected chi connectivity index (χ2v) is 8.75. The van der Waals surface area contributed by atoms with Gasteiger partial charge in [-0.1, -0.05) is 23.8 Å². The summed E-state index contributed by atoms with van der Waals surface area (Å²) in [6, 6.07) is 11.9. The van der Waals surface area contributed by atoms with Gasteiger partial charge in [0.2, 0.25) is 0 Å². The number of ether oxygens (including phenoxy) is 1. The van der Waals surface area contributed by atoms with Crippen molar-refractivity contribution in [2.24, 2.45) is 0 Å². The molecule has 2 aromatic heterocycles. The summed E-state index contributed by atoms with van der Waals surface area (Å²) in [5.41, 5.74) is 2.25. The highest BCUT2D eigenvalue weighted by molar-refractivity contribution is 7.14. The number of hydrogen-bond acceptors (Lipinski definition) is 6. The van der Waals surface area contributed by atoms with Crippen LogP contribution in [0.3, 0.4) is 0 Å². The average Bonchev–Trinajstić information content (AvgIpc) is 3.40. The Labute approximate surface area is 173 Å². The molecule has 1 aliphatic heterocycles. The van der Waals surface area contributed by atoms with Crippen LogP contribution in [0, 0.1) is 6.92 Å². The van der Waals surface area contributed by atoms with Crippen LogP contribution in [-0.2, 0) is 11.3 Å². The molecule has 28 heavy (non-hydrogen) atoms. The van der Waals surface area contributed by atoms with Crippen molar-refractivity contribution in [2.75, 3.05) is 32.8 Å². The molecule has 0 bridgehead atoms. The third-order valence-electron chi connectivity index (χ3n) is 4.79. The van der Waals surface area contributed by atoms with Crippen LogP contribution in [0.2, 0.25) is 0 Å². The topological polar surface area (TPSA) is 45.7 Å². The largest absolute Gasteiger partial charge is 0.484 e. The molecule has 1 fully saturated rings. The Morgan fingerprint density at radius 3 is 2.61 bits per heavy atom. The molecule has 3 heterocycles. The molecule has 1 aromatic carbocycles. The Balaban J connectivity index is 1.23. The number of nitrogens with zero attached hydrogens (tertiary/aromatic N) is 3. The maximum absolute atomic E-state index is 12.4. The van der Waals surface area contributed by atoms with Gasteiger partial charge in [-0.15, -0.1) is 22.7 Å². The smallest absolute Gasteiger partial charge is 0.260 e. The highest BCUT2D eigenvalue weighted by Crippen LogP contribution is 2.26. The van der Waals surface area contributed by atoms with E-state index in [1.807, 2.05) is 36.1 Å². The Hall–Kier alpha value is -2.22. The van der Waals surface area contributed by atoms with Crippen LogP contribution in [-0.4, -0.2) is 53.5 Å². The van der Waals surface area contributed by atoms with E-state index in [2.05, 4.69) is 27.8 Å². The standard InChI is InChI=1S/C21H23N3O2S2/c1-16-4-6-17(7-5-16)26-14-21(25)24-10-8-23(9-11-24)13-20-22-18(15-28-20)19-3-2-12-27-19/h2-7,12,15H,8-11,13-14H2,1H3. The first-order chi connectivity index (χ1) is 13.7. The molecule has 1 aliphatic rings. The number of aromatic nitrogens is 1. The zero-order valence-electron chi connectivity index (χ0n) is 15.8. The highest BCUT2D eigenvalue weighted by atomic mass is 32.1. The molecule has 4 rings (SSSR count). The number of rotatable bonds is 6. The van der Waals surface area contributed by atoms with Gasteiger partial charge in [-0.25, -0.2) is 4.98 Å². The fraction of sp³-hybridized carbons (Fsp3) is 0.333. The fourth-order valence-corrected chi connectivity index (χ4v) is 4.73. The summed E-state index contributed by atoms with van der Waals surface area (Å²) in [5, 5.41) is 5.34. The van der Waals surface area contributed by atoms with E-state index in [0.29, 0.717) is 0 Å². The molecule has 1 amide bonds. The summed E-state index contributed by atoms with van der Waals surface area (Å²) in [6.07, 6.45) is 0. The summed E-state index contributed by atoms with van der Waals surface area (Å²) < 4.78 is 5.62. The van der Waals surface area contributed by atoms with Gasteiger partial charge in [0.15, 0.2) is 6.61 Å². The average molecular weight is 414 g/mol. The first-order valence-electron chi connectivity index (χ1n) is 9.35. The van der Waals surface area contributed by atoms with E-state index in [-0.39, 0.29) is 12.5 Å². The van der Waals surface area contributed by atoms with Crippen molar-refractivity contribution in [1.82, 2.24) is 14.8 Å². The van der Waals surface area contributed by atoms with Gasteiger partial charge in [0.05, 0.1) is 17.1 Å². The van der Waals surface area contributed by atoms with E-state index in [1.165, 1.54) is 10.4 Å². The van der Waals surface area contributed by atoms with Gasteiger partial charge in [-0.3, -0.25) is 9.69 Å². The third kappa shape index (κ3) is 4.79. The van der Waals surface area contributed by atoms with Crippen LogP contribution in [0.15, 0.2) is 47.2 Å². The molecular formula is C21H23N3O2S2. The number of amides is 1. The maximum atomic E-state index is 12.4. The van der Waals surface area contributed by atoms with Crippen molar-refractivity contribution in [3.05, 3.63) is 57.7 Å². The molecular weight excluding hydrogens is 390 g/mol. The van der Waals surface area contributed by atoms with Gasteiger partial charge in [0.1, 0.15) is 10.8 Å². The molecule has 0 unspecified atom stereocenters. The number of carbonyl (C=O) groups excluding carboxylic acids is 1. The van der Waals surface area contributed by atoms with Crippen molar-refractivity contribution in [1.29, 1.82) is 0 Å². The lowest BCUT2D eigenvalue weighted by atomic mass is 10.2. The molecule has 3 aromatic rings. The minimum atomic E-state index is 0.0504. The zero-order chi connectivity index (χ0) is 19.3. The minimum absolute atomic E-state index is 0.0504. The maximum Gasteiger partial charge on any atom is 0.260 e. The second kappa shape index (κ2) is 8.86. The van der Waals surface area contributed by atoms with Crippen LogP contribution < -0.4 is 4.74 Å². The fourth-order valence-electron chi connectivity index (χ4n) is 3.14.